The molecule has 1 saturated carbocycles. The number of aromatic nitrogens is 2. The van der Waals surface area contributed by atoms with E-state index < -0.39 is 10.0 Å². The maximum Gasteiger partial charge on any atom is 0.243 e. The lowest BCUT2D eigenvalue weighted by atomic mass is 10.0. The smallest absolute Gasteiger partial charge is 0.243 e. The zero-order chi connectivity index (χ0) is 15.3. The lowest BCUT2D eigenvalue weighted by molar-refractivity contribution is 0.424. The van der Waals surface area contributed by atoms with Crippen LogP contribution in [0.4, 0.5) is 0 Å². The average Bonchev–Trinajstić information content (AvgIpc) is 3.10. The van der Waals surface area contributed by atoms with E-state index in [2.05, 4.69) is 15.1 Å². The first kappa shape index (κ1) is 16.5. The third kappa shape index (κ3) is 4.52. The van der Waals surface area contributed by atoms with Crippen LogP contribution in [0.2, 0.25) is 0 Å². The molecule has 6 nitrogen and oxygen atoms in total. The fourth-order valence-corrected chi connectivity index (χ4v) is 4.15. The first-order chi connectivity index (χ1) is 10.0. The maximum atomic E-state index is 12.4. The molecule has 1 aliphatic carbocycles. The Kier molecular flexibility index (Phi) is 5.78. The molecule has 2 N–H and O–H groups in total. The highest BCUT2D eigenvalue weighted by Gasteiger charge is 2.26. The topological polar surface area (TPSA) is 76.0 Å². The predicted octanol–water partition coefficient (Wildman–Crippen LogP) is 1.35. The van der Waals surface area contributed by atoms with Gasteiger partial charge in [0, 0.05) is 18.8 Å². The molecule has 120 valence electrons. The molecule has 1 aromatic rings. The van der Waals surface area contributed by atoms with E-state index >= 15 is 0 Å². The van der Waals surface area contributed by atoms with Crippen molar-refractivity contribution in [1.82, 2.24) is 19.8 Å². The maximum absolute atomic E-state index is 12.4. The summed E-state index contributed by atoms with van der Waals surface area (Å²) in [6.07, 6.45) is 8.62. The zero-order valence-electron chi connectivity index (χ0n) is 12.9. The van der Waals surface area contributed by atoms with E-state index in [1.165, 1.54) is 19.0 Å². The molecule has 0 bridgehead atoms. The van der Waals surface area contributed by atoms with Crippen LogP contribution in [-0.4, -0.2) is 37.8 Å². The number of sulfonamides is 1. The van der Waals surface area contributed by atoms with Crippen molar-refractivity contribution < 1.29 is 8.42 Å². The normalized spacial score (nSPS) is 18.2. The zero-order valence-corrected chi connectivity index (χ0v) is 13.7. The molecule has 1 aliphatic rings. The number of rotatable bonds is 8. The monoisotopic (exact) mass is 314 g/mol. The minimum absolute atomic E-state index is 0.00913. The fourth-order valence-electron chi connectivity index (χ4n) is 2.89. The van der Waals surface area contributed by atoms with E-state index in [1.54, 1.807) is 10.9 Å². The van der Waals surface area contributed by atoms with Gasteiger partial charge in [0.25, 0.3) is 0 Å². The van der Waals surface area contributed by atoms with Gasteiger partial charge in [-0.3, -0.25) is 4.68 Å². The second kappa shape index (κ2) is 7.38. The molecule has 7 heteroatoms. The van der Waals surface area contributed by atoms with Gasteiger partial charge in [-0.05, 0) is 45.7 Å². The summed E-state index contributed by atoms with van der Waals surface area (Å²) in [6, 6.07) is -0.00913. The van der Waals surface area contributed by atoms with E-state index in [0.29, 0.717) is 12.5 Å². The third-order valence-electron chi connectivity index (χ3n) is 4.18. The second-order valence-electron chi connectivity index (χ2n) is 5.85. The highest BCUT2D eigenvalue weighted by Crippen LogP contribution is 2.28. The number of hydrogen-bond acceptors (Lipinski definition) is 4. The van der Waals surface area contributed by atoms with Crippen LogP contribution in [0.5, 0.6) is 0 Å². The molecule has 1 heterocycles. The van der Waals surface area contributed by atoms with Gasteiger partial charge in [0.05, 0.1) is 6.20 Å². The van der Waals surface area contributed by atoms with Gasteiger partial charge >= 0.3 is 0 Å². The van der Waals surface area contributed by atoms with Crippen LogP contribution < -0.4 is 10.0 Å². The first-order valence-electron chi connectivity index (χ1n) is 7.72. The molecular formula is C14H26N4O2S. The van der Waals surface area contributed by atoms with Gasteiger partial charge in [-0.2, -0.15) is 5.10 Å². The SMILES string of the molecule is CNCCCn1cc(S(=O)(=O)NC(C)C2CCCC2)cn1. The minimum atomic E-state index is -3.46. The van der Waals surface area contributed by atoms with Gasteiger partial charge in [-0.1, -0.05) is 12.8 Å². The Balaban J connectivity index is 1.95. The molecular weight excluding hydrogens is 288 g/mol. The van der Waals surface area contributed by atoms with Gasteiger partial charge in [0.15, 0.2) is 0 Å². The molecule has 0 radical (unpaired) electrons. The number of nitrogens with one attached hydrogen (secondary N) is 2. The van der Waals surface area contributed by atoms with E-state index in [9.17, 15) is 8.42 Å². The Morgan fingerprint density at radius 2 is 2.14 bits per heavy atom. The molecule has 1 fully saturated rings. The van der Waals surface area contributed by atoms with Crippen molar-refractivity contribution in [2.45, 2.75) is 56.5 Å². The Morgan fingerprint density at radius 3 is 2.81 bits per heavy atom. The fraction of sp³-hybridized carbons (Fsp3) is 0.786. The highest BCUT2D eigenvalue weighted by atomic mass is 32.2. The molecule has 1 aromatic heterocycles. The van der Waals surface area contributed by atoms with Gasteiger partial charge in [-0.25, -0.2) is 13.1 Å². The summed E-state index contributed by atoms with van der Waals surface area (Å²) in [5.41, 5.74) is 0. The summed E-state index contributed by atoms with van der Waals surface area (Å²) in [6.45, 7) is 3.57. The lowest BCUT2D eigenvalue weighted by Gasteiger charge is -2.19. The van der Waals surface area contributed by atoms with E-state index in [0.717, 1.165) is 25.8 Å². The summed E-state index contributed by atoms with van der Waals surface area (Å²) >= 11 is 0. The average molecular weight is 314 g/mol. The van der Waals surface area contributed by atoms with Crippen LogP contribution in [0.15, 0.2) is 17.3 Å². The van der Waals surface area contributed by atoms with Crippen molar-refractivity contribution >= 4 is 10.0 Å². The van der Waals surface area contributed by atoms with Crippen LogP contribution in [0, 0.1) is 5.92 Å². The number of aryl methyl sites for hydroxylation is 1. The van der Waals surface area contributed by atoms with E-state index in [4.69, 9.17) is 0 Å². The summed E-state index contributed by atoms with van der Waals surface area (Å²) in [4.78, 5) is 0.261. The Bertz CT molecular complexity index is 535. The summed E-state index contributed by atoms with van der Waals surface area (Å²) in [5, 5.41) is 7.19. The molecule has 0 aliphatic heterocycles. The van der Waals surface area contributed by atoms with Crippen LogP contribution in [0.3, 0.4) is 0 Å². The molecule has 21 heavy (non-hydrogen) atoms. The van der Waals surface area contributed by atoms with Crippen molar-refractivity contribution in [2.75, 3.05) is 13.6 Å². The second-order valence-corrected chi connectivity index (χ2v) is 7.56. The molecule has 0 aromatic carbocycles. The standard InChI is InChI=1S/C14H26N4O2S/c1-12(13-6-3-4-7-13)17-21(19,20)14-10-16-18(11-14)9-5-8-15-2/h10-13,15,17H,3-9H2,1-2H3. The van der Waals surface area contributed by atoms with Crippen LogP contribution in [0.1, 0.15) is 39.0 Å². The largest absolute Gasteiger partial charge is 0.320 e. The van der Waals surface area contributed by atoms with Crippen LogP contribution in [-0.2, 0) is 16.6 Å². The lowest BCUT2D eigenvalue weighted by Crippen LogP contribution is -2.37. The van der Waals surface area contributed by atoms with Crippen molar-refractivity contribution in [1.29, 1.82) is 0 Å². The molecule has 0 spiro atoms. The third-order valence-corrected chi connectivity index (χ3v) is 5.70. The minimum Gasteiger partial charge on any atom is -0.320 e. The summed E-state index contributed by atoms with van der Waals surface area (Å²) in [5.74, 6) is 0.463. The van der Waals surface area contributed by atoms with Crippen molar-refractivity contribution in [2.24, 2.45) is 5.92 Å². The quantitative estimate of drug-likeness (QED) is 0.710. The van der Waals surface area contributed by atoms with Gasteiger partial charge in [0.1, 0.15) is 4.90 Å². The molecule has 0 amide bonds. The Morgan fingerprint density at radius 1 is 1.43 bits per heavy atom. The predicted molar refractivity (Wildman–Crippen MR) is 82.5 cm³/mol. The molecule has 1 atom stereocenters. The summed E-state index contributed by atoms with van der Waals surface area (Å²) in [7, 11) is -1.56. The Labute approximate surface area is 127 Å². The van der Waals surface area contributed by atoms with E-state index in [-0.39, 0.29) is 10.9 Å². The van der Waals surface area contributed by atoms with E-state index in [1.807, 2.05) is 14.0 Å². The van der Waals surface area contributed by atoms with Crippen molar-refractivity contribution in [3.8, 4) is 0 Å². The molecule has 0 saturated heterocycles. The van der Waals surface area contributed by atoms with Crippen LogP contribution in [0.25, 0.3) is 0 Å². The van der Waals surface area contributed by atoms with Gasteiger partial charge < -0.3 is 5.32 Å². The number of nitrogens with zero attached hydrogens (tertiary/aromatic N) is 2. The van der Waals surface area contributed by atoms with Gasteiger partial charge in [0.2, 0.25) is 10.0 Å². The molecule has 2 rings (SSSR count). The number of hydrogen-bond donors (Lipinski definition) is 2. The van der Waals surface area contributed by atoms with Crippen LogP contribution >= 0.6 is 0 Å². The first-order valence-corrected chi connectivity index (χ1v) is 9.20. The van der Waals surface area contributed by atoms with Crippen molar-refractivity contribution in [3.63, 3.8) is 0 Å². The Hall–Kier alpha value is -0.920. The molecule has 1 unspecified atom stereocenters. The summed E-state index contributed by atoms with van der Waals surface area (Å²) < 4.78 is 29.2. The highest BCUT2D eigenvalue weighted by molar-refractivity contribution is 7.89. The van der Waals surface area contributed by atoms with Gasteiger partial charge in [-0.15, -0.1) is 0 Å². The van der Waals surface area contributed by atoms with Crippen molar-refractivity contribution in [3.05, 3.63) is 12.4 Å².